The van der Waals surface area contributed by atoms with E-state index in [1.54, 1.807) is 62.6 Å². The molecule has 0 atom stereocenters. The molecule has 4 nitrogen and oxygen atoms in total. The van der Waals surface area contributed by atoms with Gasteiger partial charge in [-0.2, -0.15) is 0 Å². The van der Waals surface area contributed by atoms with Crippen molar-refractivity contribution in [3.63, 3.8) is 0 Å². The van der Waals surface area contributed by atoms with Crippen LogP contribution in [0, 0.1) is 0 Å². The second-order valence-electron chi connectivity index (χ2n) is 4.75. The van der Waals surface area contributed by atoms with Crippen molar-refractivity contribution in [3.05, 3.63) is 58.6 Å². The fraction of sp³-hybridized carbons (Fsp3) is 0.125. The Kier molecular flexibility index (Phi) is 5.41. The lowest BCUT2D eigenvalue weighted by Crippen LogP contribution is -2.38. The van der Waals surface area contributed by atoms with Gasteiger partial charge in [-0.15, -0.1) is 0 Å². The molecule has 0 saturated carbocycles. The zero-order chi connectivity index (χ0) is 16.1. The number of nitrogens with zero attached hydrogens (tertiary/aromatic N) is 3. The first kappa shape index (κ1) is 16.3. The van der Waals surface area contributed by atoms with Crippen molar-refractivity contribution in [2.45, 2.75) is 0 Å². The molecule has 0 spiro atoms. The molecule has 2 rings (SSSR count). The highest BCUT2D eigenvalue weighted by atomic mass is 35.5. The minimum absolute atomic E-state index is 0.229. The van der Waals surface area contributed by atoms with Crippen LogP contribution >= 0.6 is 23.2 Å². The third kappa shape index (κ3) is 4.23. The lowest BCUT2D eigenvalue weighted by molar-refractivity contribution is 0.227. The smallest absolute Gasteiger partial charge is 0.329 e. The normalized spacial score (nSPS) is 10.7. The van der Waals surface area contributed by atoms with Crippen LogP contribution in [-0.4, -0.2) is 31.4 Å². The first-order valence-electron chi connectivity index (χ1n) is 6.53. The van der Waals surface area contributed by atoms with E-state index in [0.717, 1.165) is 0 Å². The maximum atomic E-state index is 12.3. The Balaban J connectivity index is 2.35. The second-order valence-corrected chi connectivity index (χ2v) is 5.62. The predicted octanol–water partition coefficient (Wildman–Crippen LogP) is 4.84. The van der Waals surface area contributed by atoms with E-state index in [0.29, 0.717) is 21.4 Å². The Morgan fingerprint density at radius 1 is 1.05 bits per heavy atom. The minimum atomic E-state index is -0.229. The van der Waals surface area contributed by atoms with Gasteiger partial charge in [-0.1, -0.05) is 35.3 Å². The molecule has 0 unspecified atom stereocenters. The zero-order valence-corrected chi connectivity index (χ0v) is 13.7. The van der Waals surface area contributed by atoms with Crippen LogP contribution in [0.3, 0.4) is 0 Å². The predicted molar refractivity (Wildman–Crippen MR) is 92.6 cm³/mol. The van der Waals surface area contributed by atoms with Gasteiger partial charge in [0.25, 0.3) is 0 Å². The van der Waals surface area contributed by atoms with Gasteiger partial charge in [0.2, 0.25) is 0 Å². The van der Waals surface area contributed by atoms with Crippen LogP contribution in [0.15, 0.2) is 53.5 Å². The van der Waals surface area contributed by atoms with Crippen molar-refractivity contribution in [1.82, 2.24) is 4.90 Å². The Bertz CT molecular complexity index is 701. The summed E-state index contributed by atoms with van der Waals surface area (Å²) in [5.41, 5.74) is 1.29. The van der Waals surface area contributed by atoms with E-state index in [-0.39, 0.29) is 6.03 Å². The number of rotatable bonds is 3. The number of amides is 2. The number of aliphatic imine (C=N–C) groups is 1. The molecule has 0 fully saturated rings. The van der Waals surface area contributed by atoms with Crippen molar-refractivity contribution in [2.24, 2.45) is 4.99 Å². The van der Waals surface area contributed by atoms with Gasteiger partial charge in [0.15, 0.2) is 0 Å². The molecule has 0 aliphatic carbocycles. The van der Waals surface area contributed by atoms with Gasteiger partial charge in [-0.25, -0.2) is 9.79 Å². The molecule has 0 aliphatic heterocycles. The van der Waals surface area contributed by atoms with Gasteiger partial charge >= 0.3 is 6.03 Å². The molecule has 2 amide bonds. The van der Waals surface area contributed by atoms with Crippen LogP contribution in [0.25, 0.3) is 0 Å². The highest BCUT2D eigenvalue weighted by Crippen LogP contribution is 2.21. The summed E-state index contributed by atoms with van der Waals surface area (Å²) < 4.78 is 0. The summed E-state index contributed by atoms with van der Waals surface area (Å²) in [6, 6.07) is 13.9. The Labute approximate surface area is 139 Å². The quantitative estimate of drug-likeness (QED) is 0.583. The molecule has 6 heteroatoms. The van der Waals surface area contributed by atoms with Crippen molar-refractivity contribution in [3.8, 4) is 0 Å². The maximum absolute atomic E-state index is 12.3. The lowest BCUT2D eigenvalue weighted by atomic mass is 10.3. The fourth-order valence-corrected chi connectivity index (χ4v) is 2.12. The summed E-state index contributed by atoms with van der Waals surface area (Å²) in [6.07, 6.45) is 1.46. The average molecular weight is 336 g/mol. The van der Waals surface area contributed by atoms with Crippen molar-refractivity contribution in [2.75, 3.05) is 19.0 Å². The van der Waals surface area contributed by atoms with E-state index in [1.165, 1.54) is 16.1 Å². The molecule has 22 heavy (non-hydrogen) atoms. The summed E-state index contributed by atoms with van der Waals surface area (Å²) in [4.78, 5) is 19.5. The van der Waals surface area contributed by atoms with Crippen LogP contribution in [0.2, 0.25) is 10.0 Å². The van der Waals surface area contributed by atoms with Gasteiger partial charge in [-0.05, 0) is 36.4 Å². The summed E-state index contributed by atoms with van der Waals surface area (Å²) in [5.74, 6) is 0. The molecule has 0 saturated heterocycles. The van der Waals surface area contributed by atoms with E-state index in [4.69, 9.17) is 23.2 Å². The molecule has 0 heterocycles. The topological polar surface area (TPSA) is 35.9 Å². The molecule has 0 aromatic heterocycles. The van der Waals surface area contributed by atoms with Gasteiger partial charge in [0.05, 0.1) is 11.4 Å². The minimum Gasteiger partial charge on any atom is -0.330 e. The van der Waals surface area contributed by atoms with Crippen LogP contribution in [0.4, 0.5) is 16.2 Å². The first-order valence-corrected chi connectivity index (χ1v) is 7.29. The Morgan fingerprint density at radius 2 is 1.68 bits per heavy atom. The number of carbonyl (C=O) groups excluding carboxylic acids is 1. The lowest BCUT2D eigenvalue weighted by Gasteiger charge is -2.22. The molecule has 0 aliphatic rings. The molecule has 0 bridgehead atoms. The Hall–Kier alpha value is -2.04. The van der Waals surface area contributed by atoms with Gasteiger partial charge in [-0.3, -0.25) is 4.90 Å². The number of carbonyl (C=O) groups is 1. The SMILES string of the molecule is CN(C)C(=O)N(C=Nc1cccc(Cl)c1)c1cccc(Cl)c1. The van der Waals surface area contributed by atoms with Crippen molar-refractivity contribution >= 4 is 46.9 Å². The van der Waals surface area contributed by atoms with Crippen LogP contribution in [0.1, 0.15) is 0 Å². The van der Waals surface area contributed by atoms with E-state index < -0.39 is 0 Å². The summed E-state index contributed by atoms with van der Waals surface area (Å²) >= 11 is 11.9. The largest absolute Gasteiger partial charge is 0.330 e. The maximum Gasteiger partial charge on any atom is 0.329 e. The van der Waals surface area contributed by atoms with E-state index in [1.807, 2.05) is 0 Å². The fourth-order valence-electron chi connectivity index (χ4n) is 1.75. The van der Waals surface area contributed by atoms with Crippen molar-refractivity contribution in [1.29, 1.82) is 0 Å². The molecule has 0 N–H and O–H groups in total. The van der Waals surface area contributed by atoms with Gasteiger partial charge < -0.3 is 4.90 Å². The van der Waals surface area contributed by atoms with Crippen molar-refractivity contribution < 1.29 is 4.79 Å². The molecule has 2 aromatic carbocycles. The highest BCUT2D eigenvalue weighted by molar-refractivity contribution is 6.31. The number of urea groups is 1. The number of benzene rings is 2. The number of anilines is 1. The molecule has 0 radical (unpaired) electrons. The highest BCUT2D eigenvalue weighted by Gasteiger charge is 2.16. The third-order valence-electron chi connectivity index (χ3n) is 2.81. The second kappa shape index (κ2) is 7.29. The summed E-state index contributed by atoms with van der Waals surface area (Å²) in [6.45, 7) is 0. The number of hydrogen-bond donors (Lipinski definition) is 0. The standard InChI is InChI=1S/C16H15Cl2N3O/c1-20(2)16(22)21(15-8-4-6-13(18)10-15)11-19-14-7-3-5-12(17)9-14/h3-11H,1-2H3. The van der Waals surface area contributed by atoms with Crippen LogP contribution < -0.4 is 4.90 Å². The molecule has 2 aromatic rings. The molecular weight excluding hydrogens is 321 g/mol. The van der Waals surface area contributed by atoms with E-state index in [2.05, 4.69) is 4.99 Å². The number of hydrogen-bond acceptors (Lipinski definition) is 2. The summed E-state index contributed by atoms with van der Waals surface area (Å²) in [5, 5.41) is 1.13. The summed E-state index contributed by atoms with van der Waals surface area (Å²) in [7, 11) is 3.35. The van der Waals surface area contributed by atoms with E-state index >= 15 is 0 Å². The first-order chi connectivity index (χ1) is 10.5. The van der Waals surface area contributed by atoms with Crippen LogP contribution in [0.5, 0.6) is 0 Å². The Morgan fingerprint density at radius 3 is 2.27 bits per heavy atom. The third-order valence-corrected chi connectivity index (χ3v) is 3.28. The average Bonchev–Trinajstić information content (AvgIpc) is 2.47. The molecule has 114 valence electrons. The molecular formula is C16H15Cl2N3O. The zero-order valence-electron chi connectivity index (χ0n) is 12.2. The van der Waals surface area contributed by atoms with Crippen LogP contribution in [-0.2, 0) is 0 Å². The number of halogens is 2. The van der Waals surface area contributed by atoms with E-state index in [9.17, 15) is 4.79 Å². The van der Waals surface area contributed by atoms with Gasteiger partial charge in [0, 0.05) is 24.1 Å². The monoisotopic (exact) mass is 335 g/mol. The van der Waals surface area contributed by atoms with Gasteiger partial charge in [0.1, 0.15) is 6.34 Å².